The predicted molar refractivity (Wildman–Crippen MR) is 152 cm³/mol. The SMILES string of the molecule is CCCN(CCC)C(=O)c1c(NC(=O)c2ccc(S(=O)(=O)N3CCCC(C)C3)cc2)sc2c1CCN(C)C2. The van der Waals surface area contributed by atoms with Crippen molar-refractivity contribution in [3.63, 3.8) is 0 Å². The van der Waals surface area contributed by atoms with Crippen LogP contribution in [-0.2, 0) is 23.0 Å². The Morgan fingerprint density at radius 2 is 1.79 bits per heavy atom. The number of anilines is 1. The number of amides is 2. The molecule has 1 fully saturated rings. The largest absolute Gasteiger partial charge is 0.339 e. The number of hydrogen-bond donors (Lipinski definition) is 1. The number of carbonyl (C=O) groups excluding carboxylic acids is 2. The zero-order valence-electron chi connectivity index (χ0n) is 23.0. The third-order valence-corrected chi connectivity index (χ3v) is 10.3. The summed E-state index contributed by atoms with van der Waals surface area (Å²) in [5.41, 5.74) is 2.02. The van der Waals surface area contributed by atoms with Gasteiger partial charge in [0.15, 0.2) is 0 Å². The molecule has 2 aliphatic heterocycles. The van der Waals surface area contributed by atoms with Gasteiger partial charge in [0.1, 0.15) is 5.00 Å². The van der Waals surface area contributed by atoms with E-state index in [0.717, 1.165) is 55.6 Å². The van der Waals surface area contributed by atoms with Crippen molar-refractivity contribution in [2.75, 3.05) is 45.1 Å². The third-order valence-electron chi connectivity index (χ3n) is 7.34. The van der Waals surface area contributed by atoms with Crippen LogP contribution in [0.3, 0.4) is 0 Å². The van der Waals surface area contributed by atoms with E-state index in [1.54, 1.807) is 16.4 Å². The van der Waals surface area contributed by atoms with E-state index >= 15 is 0 Å². The fourth-order valence-electron chi connectivity index (χ4n) is 5.33. The lowest BCUT2D eigenvalue weighted by Gasteiger charge is -2.30. The number of likely N-dealkylation sites (N-methyl/N-ethyl adjacent to an activating group) is 1. The summed E-state index contributed by atoms with van der Waals surface area (Å²) < 4.78 is 27.8. The Kier molecular flexibility index (Phi) is 9.28. The van der Waals surface area contributed by atoms with E-state index in [9.17, 15) is 18.0 Å². The molecular formula is C28H40N4O4S2. The van der Waals surface area contributed by atoms with Crippen LogP contribution in [0.4, 0.5) is 5.00 Å². The maximum absolute atomic E-state index is 13.7. The molecule has 8 nitrogen and oxygen atoms in total. The Balaban J connectivity index is 1.58. The van der Waals surface area contributed by atoms with Crippen LogP contribution in [0.5, 0.6) is 0 Å². The molecule has 0 radical (unpaired) electrons. The van der Waals surface area contributed by atoms with Crippen molar-refractivity contribution >= 4 is 38.2 Å². The van der Waals surface area contributed by atoms with Gasteiger partial charge in [-0.05, 0) is 74.9 Å². The monoisotopic (exact) mass is 560 g/mol. The fourth-order valence-corrected chi connectivity index (χ4v) is 8.24. The van der Waals surface area contributed by atoms with Crippen molar-refractivity contribution in [1.82, 2.24) is 14.1 Å². The molecule has 10 heteroatoms. The van der Waals surface area contributed by atoms with E-state index in [2.05, 4.69) is 38.0 Å². The molecular weight excluding hydrogens is 520 g/mol. The van der Waals surface area contributed by atoms with Gasteiger partial charge in [-0.2, -0.15) is 4.31 Å². The fraction of sp³-hybridized carbons (Fsp3) is 0.571. The number of rotatable bonds is 9. The first-order valence-corrected chi connectivity index (χ1v) is 15.9. The highest BCUT2D eigenvalue weighted by molar-refractivity contribution is 7.89. The number of piperidine rings is 1. The number of carbonyl (C=O) groups is 2. The predicted octanol–water partition coefficient (Wildman–Crippen LogP) is 4.67. The summed E-state index contributed by atoms with van der Waals surface area (Å²) in [7, 11) is -1.53. The van der Waals surface area contributed by atoms with Gasteiger partial charge in [-0.25, -0.2) is 8.42 Å². The number of sulfonamides is 1. The highest BCUT2D eigenvalue weighted by Gasteiger charge is 2.31. The first-order chi connectivity index (χ1) is 18.1. The molecule has 3 heterocycles. The molecule has 4 rings (SSSR count). The minimum Gasteiger partial charge on any atom is -0.339 e. The second-order valence-electron chi connectivity index (χ2n) is 10.6. The molecule has 1 saturated heterocycles. The minimum atomic E-state index is -3.59. The molecule has 208 valence electrons. The Morgan fingerprint density at radius 3 is 2.42 bits per heavy atom. The lowest BCUT2D eigenvalue weighted by molar-refractivity contribution is 0.0755. The maximum Gasteiger partial charge on any atom is 0.257 e. The number of hydrogen-bond acceptors (Lipinski definition) is 6. The molecule has 1 unspecified atom stereocenters. The molecule has 2 aromatic rings. The van der Waals surface area contributed by atoms with E-state index in [1.807, 2.05) is 4.90 Å². The van der Waals surface area contributed by atoms with Crippen LogP contribution in [-0.4, -0.2) is 74.1 Å². The normalized spacial score (nSPS) is 18.7. The van der Waals surface area contributed by atoms with Gasteiger partial charge in [-0.1, -0.05) is 20.8 Å². The van der Waals surface area contributed by atoms with E-state index in [0.29, 0.717) is 48.2 Å². The van der Waals surface area contributed by atoms with Crippen LogP contribution in [0.25, 0.3) is 0 Å². The number of benzene rings is 1. The topological polar surface area (TPSA) is 90.0 Å². The van der Waals surface area contributed by atoms with Gasteiger partial charge < -0.3 is 15.1 Å². The van der Waals surface area contributed by atoms with Gasteiger partial charge in [0.05, 0.1) is 10.5 Å². The Labute approximate surface area is 231 Å². The third kappa shape index (κ3) is 6.14. The molecule has 0 aliphatic carbocycles. The second-order valence-corrected chi connectivity index (χ2v) is 13.6. The summed E-state index contributed by atoms with van der Waals surface area (Å²) in [5, 5.41) is 3.58. The standard InChI is InChI=1S/C28H40N4O4S2/c1-5-14-31(15-6-2)28(34)25-23-13-17-30(4)19-24(23)37-27(25)29-26(33)21-9-11-22(12-10-21)38(35,36)32-16-7-8-20(3)18-32/h9-12,20H,5-8,13-19H2,1-4H3,(H,29,33). The van der Waals surface area contributed by atoms with E-state index in [-0.39, 0.29) is 16.7 Å². The molecule has 1 atom stereocenters. The lowest BCUT2D eigenvalue weighted by atomic mass is 10.0. The van der Waals surface area contributed by atoms with Crippen LogP contribution >= 0.6 is 11.3 Å². The summed E-state index contributed by atoms with van der Waals surface area (Å²) in [6.45, 7) is 10.2. The van der Waals surface area contributed by atoms with Crippen LogP contribution < -0.4 is 5.32 Å². The number of nitrogens with zero attached hydrogens (tertiary/aromatic N) is 3. The summed E-state index contributed by atoms with van der Waals surface area (Å²) >= 11 is 1.47. The van der Waals surface area contributed by atoms with Crippen LogP contribution in [0.15, 0.2) is 29.2 Å². The van der Waals surface area contributed by atoms with Crippen LogP contribution in [0, 0.1) is 5.92 Å². The molecule has 2 amide bonds. The van der Waals surface area contributed by atoms with Gasteiger partial charge in [0.25, 0.3) is 11.8 Å². The summed E-state index contributed by atoms with van der Waals surface area (Å²) in [6, 6.07) is 6.13. The van der Waals surface area contributed by atoms with E-state index in [4.69, 9.17) is 0 Å². The van der Waals surface area contributed by atoms with Crippen molar-refractivity contribution in [3.05, 3.63) is 45.8 Å². The minimum absolute atomic E-state index is 0.0248. The van der Waals surface area contributed by atoms with Gasteiger partial charge in [-0.3, -0.25) is 9.59 Å². The number of fused-ring (bicyclic) bond motifs is 1. The summed E-state index contributed by atoms with van der Waals surface area (Å²) in [6.07, 6.45) is 4.40. The molecule has 2 aliphatic rings. The Morgan fingerprint density at radius 1 is 1.11 bits per heavy atom. The van der Waals surface area contributed by atoms with Gasteiger partial charge >= 0.3 is 0 Å². The van der Waals surface area contributed by atoms with Crippen molar-refractivity contribution in [2.24, 2.45) is 5.92 Å². The Bertz CT molecular complexity index is 1250. The first-order valence-electron chi connectivity index (χ1n) is 13.7. The smallest absolute Gasteiger partial charge is 0.257 e. The number of thiophene rings is 1. The first kappa shape index (κ1) is 28.7. The van der Waals surface area contributed by atoms with E-state index in [1.165, 1.54) is 23.5 Å². The highest BCUT2D eigenvalue weighted by Crippen LogP contribution is 2.38. The average molecular weight is 561 g/mol. The van der Waals surface area contributed by atoms with Gasteiger partial charge in [0, 0.05) is 49.7 Å². The maximum atomic E-state index is 13.7. The highest BCUT2D eigenvalue weighted by atomic mass is 32.2. The molecule has 0 spiro atoms. The zero-order chi connectivity index (χ0) is 27.4. The quantitative estimate of drug-likeness (QED) is 0.481. The summed E-state index contributed by atoms with van der Waals surface area (Å²) in [5.74, 6) is -0.0372. The Hall–Kier alpha value is -2.27. The van der Waals surface area contributed by atoms with Crippen LogP contribution in [0.2, 0.25) is 0 Å². The van der Waals surface area contributed by atoms with E-state index < -0.39 is 10.0 Å². The molecule has 0 saturated carbocycles. The second kappa shape index (κ2) is 12.3. The van der Waals surface area contributed by atoms with Crippen molar-refractivity contribution < 1.29 is 18.0 Å². The van der Waals surface area contributed by atoms with Crippen molar-refractivity contribution in [1.29, 1.82) is 0 Å². The molecule has 1 N–H and O–H groups in total. The molecule has 0 bridgehead atoms. The van der Waals surface area contributed by atoms with Crippen LogP contribution in [0.1, 0.15) is 77.6 Å². The summed E-state index contributed by atoms with van der Waals surface area (Å²) in [4.78, 5) is 32.4. The molecule has 1 aromatic heterocycles. The lowest BCUT2D eigenvalue weighted by Crippen LogP contribution is -2.39. The number of nitrogens with one attached hydrogen (secondary N) is 1. The average Bonchev–Trinajstić information content (AvgIpc) is 3.24. The van der Waals surface area contributed by atoms with Crippen molar-refractivity contribution in [3.8, 4) is 0 Å². The van der Waals surface area contributed by atoms with Gasteiger partial charge in [-0.15, -0.1) is 11.3 Å². The zero-order valence-corrected chi connectivity index (χ0v) is 24.6. The molecule has 38 heavy (non-hydrogen) atoms. The molecule has 1 aromatic carbocycles. The van der Waals surface area contributed by atoms with Crippen molar-refractivity contribution in [2.45, 2.75) is 64.3 Å². The van der Waals surface area contributed by atoms with Gasteiger partial charge in [0.2, 0.25) is 10.0 Å².